The number of hydrogen-bond acceptors (Lipinski definition) is 3. The number of carbonyl (C=O) groups excluding carboxylic acids is 1. The number of halogens is 4. The Morgan fingerprint density at radius 1 is 1.38 bits per heavy atom. The molecule has 1 aromatic rings. The zero-order valence-electron chi connectivity index (χ0n) is 11.2. The SMILES string of the molecule is CC(N=C1NC(=O)C(C)(C(F)(F)F)S1)c1ccccc1Cl. The molecule has 1 heterocycles. The lowest BCUT2D eigenvalue weighted by Gasteiger charge is -2.21. The van der Waals surface area contributed by atoms with E-state index in [0.29, 0.717) is 22.3 Å². The van der Waals surface area contributed by atoms with Gasteiger partial charge in [-0.15, -0.1) is 0 Å². The number of amidine groups is 1. The summed E-state index contributed by atoms with van der Waals surface area (Å²) in [6.07, 6.45) is -4.65. The van der Waals surface area contributed by atoms with E-state index in [2.05, 4.69) is 10.3 Å². The van der Waals surface area contributed by atoms with Crippen molar-refractivity contribution in [1.82, 2.24) is 5.32 Å². The highest BCUT2D eigenvalue weighted by Gasteiger charge is 2.61. The molecule has 1 aromatic carbocycles. The molecule has 1 N–H and O–H groups in total. The van der Waals surface area contributed by atoms with Gasteiger partial charge >= 0.3 is 6.18 Å². The molecule has 0 bridgehead atoms. The highest BCUT2D eigenvalue weighted by molar-refractivity contribution is 8.16. The van der Waals surface area contributed by atoms with Crippen LogP contribution in [0.5, 0.6) is 0 Å². The largest absolute Gasteiger partial charge is 0.412 e. The Labute approximate surface area is 129 Å². The van der Waals surface area contributed by atoms with Crippen LogP contribution in [0.15, 0.2) is 29.3 Å². The minimum atomic E-state index is -4.65. The quantitative estimate of drug-likeness (QED) is 0.888. The van der Waals surface area contributed by atoms with Crippen LogP contribution in [-0.2, 0) is 4.79 Å². The number of amides is 1. The van der Waals surface area contributed by atoms with Crippen molar-refractivity contribution in [3.8, 4) is 0 Å². The summed E-state index contributed by atoms with van der Waals surface area (Å²) in [5.74, 6) is -1.11. The first kappa shape index (κ1) is 16.2. The molecule has 0 saturated carbocycles. The van der Waals surface area contributed by atoms with E-state index in [4.69, 9.17) is 11.6 Å². The van der Waals surface area contributed by atoms with Crippen molar-refractivity contribution in [2.45, 2.75) is 30.8 Å². The first-order valence-corrected chi connectivity index (χ1v) is 7.24. The average Bonchev–Trinajstić information content (AvgIpc) is 2.65. The predicted octanol–water partition coefficient (Wildman–Crippen LogP) is 3.94. The molecule has 3 nitrogen and oxygen atoms in total. The third-order valence-electron chi connectivity index (χ3n) is 3.16. The van der Waals surface area contributed by atoms with Gasteiger partial charge in [0.25, 0.3) is 5.91 Å². The molecule has 0 aliphatic carbocycles. The lowest BCUT2D eigenvalue weighted by Crippen LogP contribution is -2.46. The normalized spacial score (nSPS) is 26.0. The Bertz CT molecular complexity index is 605. The third kappa shape index (κ3) is 3.03. The van der Waals surface area contributed by atoms with Crippen LogP contribution in [0.25, 0.3) is 0 Å². The maximum absolute atomic E-state index is 12.9. The summed E-state index contributed by atoms with van der Waals surface area (Å²) in [5, 5.41) is 2.61. The predicted molar refractivity (Wildman–Crippen MR) is 77.5 cm³/mol. The van der Waals surface area contributed by atoms with Crippen molar-refractivity contribution in [2.24, 2.45) is 4.99 Å². The van der Waals surface area contributed by atoms with Gasteiger partial charge in [0.05, 0.1) is 6.04 Å². The van der Waals surface area contributed by atoms with E-state index in [0.717, 1.165) is 6.92 Å². The van der Waals surface area contributed by atoms with Crippen LogP contribution < -0.4 is 5.32 Å². The third-order valence-corrected chi connectivity index (χ3v) is 4.73. The van der Waals surface area contributed by atoms with Gasteiger partial charge in [0.15, 0.2) is 9.91 Å². The number of thioether (sulfide) groups is 1. The second-order valence-corrected chi connectivity index (χ2v) is 6.53. The topological polar surface area (TPSA) is 41.5 Å². The molecule has 8 heteroatoms. The van der Waals surface area contributed by atoms with Crippen LogP contribution in [0, 0.1) is 0 Å². The fraction of sp³-hybridized carbons (Fsp3) is 0.385. The van der Waals surface area contributed by atoms with Crippen molar-refractivity contribution < 1.29 is 18.0 Å². The summed E-state index contributed by atoms with van der Waals surface area (Å²) >= 11 is 6.40. The fourth-order valence-electron chi connectivity index (χ4n) is 1.79. The molecule has 2 atom stereocenters. The van der Waals surface area contributed by atoms with Crippen LogP contribution in [0.1, 0.15) is 25.5 Å². The van der Waals surface area contributed by atoms with Gasteiger partial charge in [0.1, 0.15) is 0 Å². The van der Waals surface area contributed by atoms with Gasteiger partial charge in [-0.3, -0.25) is 9.79 Å². The molecule has 0 radical (unpaired) electrons. The number of nitrogens with zero attached hydrogens (tertiary/aromatic N) is 1. The number of nitrogens with one attached hydrogen (secondary N) is 1. The van der Waals surface area contributed by atoms with Gasteiger partial charge in [0, 0.05) is 5.02 Å². The van der Waals surface area contributed by atoms with Gasteiger partial charge in [-0.05, 0) is 25.5 Å². The highest BCUT2D eigenvalue weighted by atomic mass is 35.5. The Balaban J connectivity index is 2.25. The number of benzene rings is 1. The van der Waals surface area contributed by atoms with E-state index in [1.165, 1.54) is 0 Å². The number of alkyl halides is 3. The molecule has 21 heavy (non-hydrogen) atoms. The van der Waals surface area contributed by atoms with Crippen molar-refractivity contribution in [3.63, 3.8) is 0 Å². The highest BCUT2D eigenvalue weighted by Crippen LogP contribution is 2.45. The molecule has 2 unspecified atom stereocenters. The van der Waals surface area contributed by atoms with Gasteiger partial charge in [-0.2, -0.15) is 13.2 Å². The number of aliphatic imine (C=N–C) groups is 1. The van der Waals surface area contributed by atoms with E-state index in [9.17, 15) is 18.0 Å². The Morgan fingerprint density at radius 2 is 2.00 bits per heavy atom. The van der Waals surface area contributed by atoms with Crippen molar-refractivity contribution in [1.29, 1.82) is 0 Å². The fourth-order valence-corrected chi connectivity index (χ4v) is 3.08. The lowest BCUT2D eigenvalue weighted by atomic mass is 10.1. The molecule has 0 aromatic heterocycles. The summed E-state index contributed by atoms with van der Waals surface area (Å²) in [4.78, 5) is 15.7. The van der Waals surface area contributed by atoms with Gasteiger partial charge in [-0.25, -0.2) is 0 Å². The molecule has 1 aliphatic heterocycles. The van der Waals surface area contributed by atoms with Crippen LogP contribution >= 0.6 is 23.4 Å². The molecule has 1 aliphatic rings. The summed E-state index contributed by atoms with van der Waals surface area (Å²) in [6.45, 7) is 2.54. The zero-order chi connectivity index (χ0) is 15.8. The minimum Gasteiger partial charge on any atom is -0.304 e. The van der Waals surface area contributed by atoms with Crippen LogP contribution in [0.2, 0.25) is 5.02 Å². The number of rotatable bonds is 2. The van der Waals surface area contributed by atoms with Crippen molar-refractivity contribution in [2.75, 3.05) is 0 Å². The molecule has 114 valence electrons. The Hall–Kier alpha value is -1.21. The smallest absolute Gasteiger partial charge is 0.304 e. The molecule has 1 saturated heterocycles. The average molecular weight is 337 g/mol. The van der Waals surface area contributed by atoms with Crippen molar-refractivity contribution in [3.05, 3.63) is 34.9 Å². The Morgan fingerprint density at radius 3 is 2.52 bits per heavy atom. The summed E-state index contributed by atoms with van der Waals surface area (Å²) in [5.41, 5.74) is 0.683. The summed E-state index contributed by atoms with van der Waals surface area (Å²) < 4.78 is 36.3. The zero-order valence-corrected chi connectivity index (χ0v) is 12.7. The number of carbonyl (C=O) groups is 1. The van der Waals surface area contributed by atoms with Crippen molar-refractivity contribution >= 4 is 34.4 Å². The van der Waals surface area contributed by atoms with E-state index >= 15 is 0 Å². The molecule has 1 fully saturated rings. The van der Waals surface area contributed by atoms with Gasteiger partial charge in [-0.1, -0.05) is 41.6 Å². The molecular weight excluding hydrogens is 325 g/mol. The van der Waals surface area contributed by atoms with E-state index in [1.54, 1.807) is 31.2 Å². The molecule has 2 rings (SSSR count). The van der Waals surface area contributed by atoms with Gasteiger partial charge in [0.2, 0.25) is 0 Å². The van der Waals surface area contributed by atoms with Gasteiger partial charge < -0.3 is 5.32 Å². The summed E-state index contributed by atoms with van der Waals surface area (Å²) in [7, 11) is 0. The molecule has 1 amide bonds. The monoisotopic (exact) mass is 336 g/mol. The van der Waals surface area contributed by atoms with E-state index in [-0.39, 0.29) is 5.17 Å². The molecule has 0 spiro atoms. The van der Waals surface area contributed by atoms with Crippen LogP contribution in [0.4, 0.5) is 13.2 Å². The first-order valence-electron chi connectivity index (χ1n) is 6.04. The van der Waals surface area contributed by atoms with Crippen LogP contribution in [0.3, 0.4) is 0 Å². The minimum absolute atomic E-state index is 0.0488. The second kappa shape index (κ2) is 5.53. The standard InChI is InChI=1S/C13H12ClF3N2OS/c1-7(8-5-3-4-6-9(8)14)18-11-19-10(20)12(2,21-11)13(15,16)17/h3-7H,1-2H3,(H,18,19,20). The first-order chi connectivity index (χ1) is 9.65. The number of hydrogen-bond donors (Lipinski definition) is 1. The van der Waals surface area contributed by atoms with E-state index < -0.39 is 22.9 Å². The molecular formula is C13H12ClF3N2OS. The summed E-state index contributed by atoms with van der Waals surface area (Å²) in [6, 6.07) is 6.46. The second-order valence-electron chi connectivity index (χ2n) is 4.72. The maximum atomic E-state index is 12.9. The van der Waals surface area contributed by atoms with Crippen LogP contribution in [-0.4, -0.2) is 22.0 Å². The van der Waals surface area contributed by atoms with E-state index in [1.807, 2.05) is 0 Å². The maximum Gasteiger partial charge on any atom is 0.412 e. The lowest BCUT2D eigenvalue weighted by molar-refractivity contribution is -0.166. The Kier molecular flexibility index (Phi) is 4.26.